The molecule has 1 aliphatic carbocycles. The van der Waals surface area contributed by atoms with Crippen molar-refractivity contribution in [2.45, 2.75) is 45.1 Å². The molecule has 0 saturated heterocycles. The van der Waals surface area contributed by atoms with Gasteiger partial charge in [0.15, 0.2) is 5.75 Å². The third-order valence-electron chi connectivity index (χ3n) is 7.32. The minimum absolute atomic E-state index is 0.178. The minimum atomic E-state index is -4.27. The molecule has 1 aromatic heterocycles. The van der Waals surface area contributed by atoms with Crippen LogP contribution in [0.25, 0.3) is 16.7 Å². The standard InChI is InChI=1S/C25H27N2O4.C7H8O3S/c1-5-26-20-14-18(28-3)9-11-22(20)30-24(26)16-7-8-17(13-16)25-27(6-2)21-15-19(29-4)10-12-23(21)31-25;1-6-2-4-7(5-3-6)11(8,9)10/h9-15H,5-8H2,1-4H3;2-5H,1H3,(H,8,9,10)/q+1;/p-1. The molecule has 42 heavy (non-hydrogen) atoms. The van der Waals surface area contributed by atoms with E-state index in [1.54, 1.807) is 26.4 Å². The lowest BCUT2D eigenvalue weighted by Gasteiger charge is -2.17. The maximum atomic E-state index is 10.4. The fourth-order valence-electron chi connectivity index (χ4n) is 5.15. The van der Waals surface area contributed by atoms with Crippen molar-refractivity contribution < 1.29 is 36.2 Å². The van der Waals surface area contributed by atoms with Crippen LogP contribution in [-0.2, 0) is 16.7 Å². The van der Waals surface area contributed by atoms with Crippen molar-refractivity contribution in [1.29, 1.82) is 0 Å². The molecule has 0 unspecified atom stereocenters. The van der Waals surface area contributed by atoms with Crippen molar-refractivity contribution in [3.05, 3.63) is 89.7 Å². The Bertz CT molecular complexity index is 1790. The van der Waals surface area contributed by atoms with Gasteiger partial charge >= 0.3 is 5.89 Å². The second-order valence-electron chi connectivity index (χ2n) is 9.93. The normalized spacial score (nSPS) is 16.0. The number of allylic oxidation sites excluding steroid dienone is 3. The van der Waals surface area contributed by atoms with Gasteiger partial charge in [-0.2, -0.15) is 4.57 Å². The van der Waals surface area contributed by atoms with E-state index in [9.17, 15) is 13.0 Å². The van der Waals surface area contributed by atoms with Crippen molar-refractivity contribution in [1.82, 2.24) is 0 Å². The second-order valence-corrected chi connectivity index (χ2v) is 11.3. The summed E-state index contributed by atoms with van der Waals surface area (Å²) in [5.74, 6) is 4.34. The van der Waals surface area contributed by atoms with E-state index < -0.39 is 10.1 Å². The molecule has 0 amide bonds. The topological polar surface area (TPSA) is 105 Å². The zero-order chi connectivity index (χ0) is 30.0. The molecule has 6 rings (SSSR count). The quantitative estimate of drug-likeness (QED) is 0.200. The van der Waals surface area contributed by atoms with Gasteiger partial charge in [-0.1, -0.05) is 17.7 Å². The molecule has 0 radical (unpaired) electrons. The first kappa shape index (κ1) is 29.2. The first-order valence-corrected chi connectivity index (χ1v) is 15.2. The summed E-state index contributed by atoms with van der Waals surface area (Å²) in [7, 11) is -0.898. The average molecular weight is 591 g/mol. The highest BCUT2D eigenvalue weighted by atomic mass is 32.2. The van der Waals surface area contributed by atoms with Crippen LogP contribution >= 0.6 is 0 Å². The third kappa shape index (κ3) is 5.73. The maximum absolute atomic E-state index is 10.4. The highest BCUT2D eigenvalue weighted by Gasteiger charge is 2.33. The molecule has 0 spiro atoms. The Balaban J connectivity index is 0.000000271. The number of rotatable bonds is 6. The molecule has 4 aromatic rings. The first-order valence-electron chi connectivity index (χ1n) is 13.8. The van der Waals surface area contributed by atoms with Crippen molar-refractivity contribution in [2.75, 3.05) is 25.7 Å². The summed E-state index contributed by atoms with van der Waals surface area (Å²) < 4.78 is 56.7. The number of nitrogens with zero attached hydrogens (tertiary/aromatic N) is 2. The third-order valence-corrected chi connectivity index (χ3v) is 8.17. The maximum Gasteiger partial charge on any atom is 0.377 e. The summed E-state index contributed by atoms with van der Waals surface area (Å²) in [4.78, 5) is 2.03. The number of hydrogen-bond donors (Lipinski definition) is 0. The van der Waals surface area contributed by atoms with Crippen LogP contribution in [0.15, 0.2) is 87.5 Å². The van der Waals surface area contributed by atoms with E-state index in [1.807, 2.05) is 43.3 Å². The predicted molar refractivity (Wildman–Crippen MR) is 159 cm³/mol. The monoisotopic (exact) mass is 590 g/mol. The molecule has 0 saturated carbocycles. The SMILES string of the molecule is CCN1/C(=C2/C=C(c3oc4ccc(OC)cc4[n+]3CC)CC2)Oc2ccc(OC)cc21.Cc1ccc(S(=O)(=O)[O-])cc1. The summed E-state index contributed by atoms with van der Waals surface area (Å²) in [5.41, 5.74) is 6.26. The first-order chi connectivity index (χ1) is 20.2. The van der Waals surface area contributed by atoms with E-state index in [1.165, 1.54) is 23.3 Å². The number of fused-ring (bicyclic) bond motifs is 2. The van der Waals surface area contributed by atoms with Gasteiger partial charge in [0.25, 0.3) is 5.52 Å². The van der Waals surface area contributed by atoms with Crippen LogP contribution in [0.3, 0.4) is 0 Å². The molecule has 10 heteroatoms. The number of methoxy groups -OCH3 is 2. The lowest BCUT2D eigenvalue weighted by atomic mass is 10.2. The number of anilines is 1. The lowest BCUT2D eigenvalue weighted by Crippen LogP contribution is -2.34. The number of aryl methyl sites for hydroxylation is 2. The molecule has 220 valence electrons. The molecule has 3 aromatic carbocycles. The molecule has 1 aliphatic heterocycles. The minimum Gasteiger partial charge on any atom is -0.744 e. The van der Waals surface area contributed by atoms with Crippen LogP contribution in [0.4, 0.5) is 5.69 Å². The Morgan fingerprint density at radius 2 is 1.64 bits per heavy atom. The average Bonchev–Trinajstić information content (AvgIpc) is 3.71. The Morgan fingerprint density at radius 3 is 2.29 bits per heavy atom. The van der Waals surface area contributed by atoms with E-state index in [2.05, 4.69) is 29.4 Å². The van der Waals surface area contributed by atoms with Crippen molar-refractivity contribution in [3.8, 4) is 17.2 Å². The predicted octanol–water partition coefficient (Wildman–Crippen LogP) is 5.96. The van der Waals surface area contributed by atoms with E-state index in [4.69, 9.17) is 18.6 Å². The van der Waals surface area contributed by atoms with Crippen LogP contribution in [0.1, 0.15) is 38.1 Å². The fourth-order valence-corrected chi connectivity index (χ4v) is 5.62. The van der Waals surface area contributed by atoms with Gasteiger partial charge in [-0.15, -0.1) is 0 Å². The highest BCUT2D eigenvalue weighted by Crippen LogP contribution is 2.44. The summed E-state index contributed by atoms with van der Waals surface area (Å²) in [6.07, 6.45) is 4.05. The Labute approximate surface area is 246 Å². The van der Waals surface area contributed by atoms with Crippen LogP contribution in [-0.4, -0.2) is 33.7 Å². The molecule has 2 heterocycles. The van der Waals surface area contributed by atoms with Crippen LogP contribution in [0, 0.1) is 6.92 Å². The molecule has 0 N–H and O–H groups in total. The Morgan fingerprint density at radius 1 is 0.952 bits per heavy atom. The number of hydrogen-bond acceptors (Lipinski definition) is 8. The summed E-state index contributed by atoms with van der Waals surface area (Å²) in [5, 5.41) is 0. The van der Waals surface area contributed by atoms with Crippen molar-refractivity contribution in [2.24, 2.45) is 0 Å². The van der Waals surface area contributed by atoms with E-state index in [0.29, 0.717) is 0 Å². The molecular formula is C32H34N2O7S. The van der Waals surface area contributed by atoms with E-state index >= 15 is 0 Å². The fraction of sp³-hybridized carbons (Fsp3) is 0.281. The zero-order valence-electron chi connectivity index (χ0n) is 24.3. The van der Waals surface area contributed by atoms with Gasteiger partial charge in [0.2, 0.25) is 11.5 Å². The van der Waals surface area contributed by atoms with Gasteiger partial charge in [-0.3, -0.25) is 0 Å². The largest absolute Gasteiger partial charge is 0.744 e. The number of aromatic nitrogens is 1. The number of benzene rings is 3. The lowest BCUT2D eigenvalue weighted by molar-refractivity contribution is -0.675. The smallest absolute Gasteiger partial charge is 0.377 e. The zero-order valence-corrected chi connectivity index (χ0v) is 25.2. The molecule has 2 aliphatic rings. The van der Waals surface area contributed by atoms with Crippen molar-refractivity contribution >= 4 is 32.5 Å². The number of oxazole rings is 1. The highest BCUT2D eigenvalue weighted by molar-refractivity contribution is 7.85. The van der Waals surface area contributed by atoms with Gasteiger partial charge in [-0.05, 0) is 76.1 Å². The van der Waals surface area contributed by atoms with Gasteiger partial charge in [-0.25, -0.2) is 8.42 Å². The molecule has 0 bridgehead atoms. The van der Waals surface area contributed by atoms with Gasteiger partial charge < -0.3 is 28.1 Å². The van der Waals surface area contributed by atoms with Crippen molar-refractivity contribution in [3.63, 3.8) is 0 Å². The molecule has 9 nitrogen and oxygen atoms in total. The molecular weight excluding hydrogens is 556 g/mol. The summed E-state index contributed by atoms with van der Waals surface area (Å²) in [6, 6.07) is 17.7. The summed E-state index contributed by atoms with van der Waals surface area (Å²) >= 11 is 0. The molecule has 0 atom stereocenters. The van der Waals surface area contributed by atoms with Gasteiger partial charge in [0, 0.05) is 18.2 Å². The van der Waals surface area contributed by atoms with Gasteiger partial charge in [0.05, 0.1) is 36.4 Å². The van der Waals surface area contributed by atoms with Gasteiger partial charge in [0.1, 0.15) is 28.2 Å². The Hall–Kier alpha value is -4.28. The van der Waals surface area contributed by atoms with E-state index in [-0.39, 0.29) is 4.90 Å². The van der Waals surface area contributed by atoms with Crippen LogP contribution in [0.5, 0.6) is 17.2 Å². The van der Waals surface area contributed by atoms with E-state index in [0.717, 1.165) is 77.3 Å². The molecule has 0 fully saturated rings. The van der Waals surface area contributed by atoms with Crippen LogP contribution < -0.4 is 23.7 Å². The summed E-state index contributed by atoms with van der Waals surface area (Å²) in [6.45, 7) is 7.73. The number of ether oxygens (including phenoxy) is 3. The Kier molecular flexibility index (Phi) is 8.29. The second kappa shape index (κ2) is 11.9. The van der Waals surface area contributed by atoms with Crippen LogP contribution in [0.2, 0.25) is 0 Å².